The monoisotopic (exact) mass is 377 g/mol. The van der Waals surface area contributed by atoms with Crippen molar-refractivity contribution in [1.82, 2.24) is 4.90 Å². The molecule has 27 heavy (non-hydrogen) atoms. The van der Waals surface area contributed by atoms with Crippen LogP contribution in [0.3, 0.4) is 0 Å². The first-order chi connectivity index (χ1) is 13.2. The molecule has 0 amide bonds. The van der Waals surface area contributed by atoms with E-state index >= 15 is 0 Å². The molecule has 0 aromatic heterocycles. The molecule has 2 heteroatoms. The summed E-state index contributed by atoms with van der Waals surface area (Å²) >= 11 is 0. The fraction of sp³-hybridized carbons (Fsp3) is 0.920. The van der Waals surface area contributed by atoms with E-state index in [0.717, 1.165) is 5.92 Å². The van der Waals surface area contributed by atoms with Crippen LogP contribution in [0.2, 0.25) is 0 Å². The predicted molar refractivity (Wildman–Crippen MR) is 119 cm³/mol. The molecule has 1 fully saturated rings. The van der Waals surface area contributed by atoms with Crippen LogP contribution in [0, 0.1) is 23.7 Å². The van der Waals surface area contributed by atoms with Crippen molar-refractivity contribution in [3.8, 4) is 11.8 Å². The van der Waals surface area contributed by atoms with E-state index in [1.54, 1.807) is 0 Å². The molecule has 1 heterocycles. The average molecular weight is 378 g/mol. The van der Waals surface area contributed by atoms with Crippen molar-refractivity contribution in [3.63, 3.8) is 0 Å². The van der Waals surface area contributed by atoms with E-state index in [1.807, 2.05) is 0 Å². The second-order valence-corrected chi connectivity index (χ2v) is 8.68. The first-order valence-electron chi connectivity index (χ1n) is 12.0. The Bertz CT molecular complexity index is 389. The Morgan fingerprint density at radius 2 is 1.59 bits per heavy atom. The minimum Gasteiger partial charge on any atom is -0.365 e. The zero-order chi connectivity index (χ0) is 19.7. The SMILES string of the molecule is CCCCCCC(CCCC)CN1CCC(OCC#CC(C)CCC)CC1. The van der Waals surface area contributed by atoms with E-state index < -0.39 is 0 Å². The molecular weight excluding hydrogens is 330 g/mol. The van der Waals surface area contributed by atoms with Gasteiger partial charge in [0.15, 0.2) is 0 Å². The molecule has 0 aromatic rings. The van der Waals surface area contributed by atoms with Gasteiger partial charge in [-0.3, -0.25) is 0 Å². The highest BCUT2D eigenvalue weighted by Gasteiger charge is 2.21. The lowest BCUT2D eigenvalue weighted by Gasteiger charge is -2.34. The van der Waals surface area contributed by atoms with Crippen molar-refractivity contribution >= 4 is 0 Å². The highest BCUT2D eigenvalue weighted by molar-refractivity contribution is 5.02. The molecule has 0 spiro atoms. The molecule has 0 aromatic carbocycles. The molecule has 2 unspecified atom stereocenters. The van der Waals surface area contributed by atoms with Gasteiger partial charge in [0.1, 0.15) is 6.61 Å². The zero-order valence-electron chi connectivity index (χ0n) is 18.9. The quantitative estimate of drug-likeness (QED) is 0.247. The molecule has 158 valence electrons. The summed E-state index contributed by atoms with van der Waals surface area (Å²) in [4.78, 5) is 2.70. The summed E-state index contributed by atoms with van der Waals surface area (Å²) in [5.41, 5.74) is 0. The molecule has 0 N–H and O–H groups in total. The Hall–Kier alpha value is -0.520. The topological polar surface area (TPSA) is 12.5 Å². The standard InChI is InChI=1S/C25H47NO/c1-5-8-10-11-16-24(15-9-6-2)22-26-19-17-25(18-20-26)27-21-12-14-23(4)13-7-3/h23-25H,5-11,13,15-22H2,1-4H3. The van der Waals surface area contributed by atoms with Crippen LogP contribution >= 0.6 is 0 Å². The number of likely N-dealkylation sites (tertiary alicyclic amines) is 1. The fourth-order valence-electron chi connectivity index (χ4n) is 4.18. The second-order valence-electron chi connectivity index (χ2n) is 8.68. The maximum atomic E-state index is 6.02. The molecule has 1 rings (SSSR count). The molecule has 2 atom stereocenters. The summed E-state index contributed by atoms with van der Waals surface area (Å²) in [6.45, 7) is 13.4. The molecular formula is C25H47NO. The molecule has 1 aliphatic rings. The summed E-state index contributed by atoms with van der Waals surface area (Å²) in [5.74, 6) is 7.97. The second kappa shape index (κ2) is 16.4. The summed E-state index contributed by atoms with van der Waals surface area (Å²) in [6, 6.07) is 0. The van der Waals surface area contributed by atoms with E-state index in [2.05, 4.69) is 44.4 Å². The van der Waals surface area contributed by atoms with E-state index in [4.69, 9.17) is 4.74 Å². The minimum atomic E-state index is 0.427. The van der Waals surface area contributed by atoms with Crippen LogP contribution in [0.15, 0.2) is 0 Å². The third-order valence-electron chi connectivity index (χ3n) is 5.94. The lowest BCUT2D eigenvalue weighted by atomic mass is 9.93. The van der Waals surface area contributed by atoms with Crippen LogP contribution in [0.1, 0.15) is 105 Å². The summed E-state index contributed by atoms with van der Waals surface area (Å²) in [6.07, 6.45) is 16.4. The van der Waals surface area contributed by atoms with Gasteiger partial charge in [0, 0.05) is 25.6 Å². The van der Waals surface area contributed by atoms with Crippen LogP contribution in [0.5, 0.6) is 0 Å². The van der Waals surface area contributed by atoms with E-state index in [9.17, 15) is 0 Å². The lowest BCUT2D eigenvalue weighted by Crippen LogP contribution is -2.39. The number of piperidine rings is 1. The average Bonchev–Trinajstić information content (AvgIpc) is 2.68. The van der Waals surface area contributed by atoms with Crippen LogP contribution in [0.4, 0.5) is 0 Å². The number of ether oxygens (including phenoxy) is 1. The van der Waals surface area contributed by atoms with Crippen molar-refractivity contribution in [2.75, 3.05) is 26.2 Å². The number of unbranched alkanes of at least 4 members (excludes halogenated alkanes) is 4. The lowest BCUT2D eigenvalue weighted by molar-refractivity contribution is 0.0200. The first-order valence-corrected chi connectivity index (χ1v) is 12.0. The van der Waals surface area contributed by atoms with E-state index in [-0.39, 0.29) is 0 Å². The van der Waals surface area contributed by atoms with Gasteiger partial charge in [-0.1, -0.05) is 84.5 Å². The van der Waals surface area contributed by atoms with Crippen molar-refractivity contribution in [2.24, 2.45) is 11.8 Å². The van der Waals surface area contributed by atoms with Gasteiger partial charge in [-0.25, -0.2) is 0 Å². The Morgan fingerprint density at radius 1 is 0.889 bits per heavy atom. The zero-order valence-corrected chi connectivity index (χ0v) is 18.9. The number of rotatable bonds is 14. The minimum absolute atomic E-state index is 0.427. The number of nitrogens with zero attached hydrogens (tertiary/aromatic N) is 1. The van der Waals surface area contributed by atoms with Crippen molar-refractivity contribution in [2.45, 2.75) is 111 Å². The van der Waals surface area contributed by atoms with E-state index in [0.29, 0.717) is 18.6 Å². The third kappa shape index (κ3) is 12.5. The molecule has 0 radical (unpaired) electrons. The van der Waals surface area contributed by atoms with Crippen LogP contribution in [-0.4, -0.2) is 37.2 Å². The number of hydrogen-bond donors (Lipinski definition) is 0. The Kier molecular flexibility index (Phi) is 14.9. The van der Waals surface area contributed by atoms with Crippen molar-refractivity contribution in [3.05, 3.63) is 0 Å². The smallest absolute Gasteiger partial charge is 0.108 e. The first kappa shape index (κ1) is 24.5. The highest BCUT2D eigenvalue weighted by atomic mass is 16.5. The Balaban J connectivity index is 2.24. The van der Waals surface area contributed by atoms with Crippen molar-refractivity contribution < 1.29 is 4.74 Å². The molecule has 0 bridgehead atoms. The van der Waals surface area contributed by atoms with Gasteiger partial charge >= 0.3 is 0 Å². The maximum absolute atomic E-state index is 6.02. The van der Waals surface area contributed by atoms with Crippen molar-refractivity contribution in [1.29, 1.82) is 0 Å². The molecule has 1 aliphatic heterocycles. The Morgan fingerprint density at radius 3 is 2.26 bits per heavy atom. The van der Waals surface area contributed by atoms with E-state index in [1.165, 1.54) is 96.7 Å². The van der Waals surface area contributed by atoms with Crippen LogP contribution in [-0.2, 0) is 4.74 Å². The van der Waals surface area contributed by atoms with Gasteiger partial charge in [-0.2, -0.15) is 0 Å². The largest absolute Gasteiger partial charge is 0.365 e. The Labute approximate surface area is 170 Å². The van der Waals surface area contributed by atoms with Crippen LogP contribution in [0.25, 0.3) is 0 Å². The fourth-order valence-corrected chi connectivity index (χ4v) is 4.18. The van der Waals surface area contributed by atoms with Gasteiger partial charge in [0.2, 0.25) is 0 Å². The molecule has 2 nitrogen and oxygen atoms in total. The van der Waals surface area contributed by atoms with Gasteiger partial charge in [-0.15, -0.1) is 0 Å². The van der Waals surface area contributed by atoms with Gasteiger partial charge < -0.3 is 9.64 Å². The summed E-state index contributed by atoms with van der Waals surface area (Å²) < 4.78 is 6.02. The summed E-state index contributed by atoms with van der Waals surface area (Å²) in [5, 5.41) is 0. The maximum Gasteiger partial charge on any atom is 0.108 e. The van der Waals surface area contributed by atoms with Gasteiger partial charge in [0.25, 0.3) is 0 Å². The van der Waals surface area contributed by atoms with Gasteiger partial charge in [-0.05, 0) is 38.0 Å². The predicted octanol–water partition coefficient (Wildman–Crippen LogP) is 6.68. The van der Waals surface area contributed by atoms with Crippen LogP contribution < -0.4 is 0 Å². The summed E-state index contributed by atoms with van der Waals surface area (Å²) in [7, 11) is 0. The van der Waals surface area contributed by atoms with Gasteiger partial charge in [0.05, 0.1) is 6.10 Å². The molecule has 1 saturated heterocycles. The molecule has 0 saturated carbocycles. The molecule has 0 aliphatic carbocycles. The highest BCUT2D eigenvalue weighted by Crippen LogP contribution is 2.21. The normalized spacial score (nSPS) is 18.1. The third-order valence-corrected chi connectivity index (χ3v) is 5.94. The number of hydrogen-bond acceptors (Lipinski definition) is 2.